The Morgan fingerprint density at radius 1 is 0.824 bits per heavy atom. The zero-order valence-corrected chi connectivity index (χ0v) is 52.3. The standard InChI is InChI=1S/C67H96N3O15/c1-41-33-45(5)59(72)61(81-12)60(73)46(6)34-42(2)54(71)39-57(43(3)35-48-25-29-55(58(37-48)80-11)83-65(77)66(8,9)40-68-30-18-14-19-31-68)82-64(76)53-23-17-20-32-69(53)63(75)62(74)67(78)47(7)24-26-50(84-67)38-56(79-10)44(4)36-51-27-28-52(41)70(85-51)49-21-15-13-16-22-49/h13-16,18-19,21-22,27-28,30-31,34,36,41-43,45,47-48,50-53,55-58,60-61,73,78H,17,20,23-26,29,32-33,35,37-40H2,1-12H3/q+1/b44-36+,46-34+/t41-,42+,43+,45+,47+,48-,50-,51?,52?,53-,55+,56-,57-,58+,60+,61-,67+/m0/s1. The molecule has 2 aromatic rings. The highest BCUT2D eigenvalue weighted by atomic mass is 16.7. The van der Waals surface area contributed by atoms with E-state index in [0.717, 1.165) is 11.3 Å². The van der Waals surface area contributed by atoms with Gasteiger partial charge in [0.15, 0.2) is 24.7 Å². The number of anilines is 1. The second kappa shape index (κ2) is 30.0. The van der Waals surface area contributed by atoms with Crippen LogP contribution in [-0.4, -0.2) is 145 Å². The number of fused-ring (bicyclic) bond motifs is 16. The Hall–Kier alpha value is -5.47. The molecule has 18 heteroatoms. The molecular weight excluding hydrogens is 1090 g/mol. The van der Waals surface area contributed by atoms with Crippen LogP contribution in [0.25, 0.3) is 0 Å². The van der Waals surface area contributed by atoms with E-state index in [-0.39, 0.29) is 61.2 Å². The number of amides is 1. The fourth-order valence-corrected chi connectivity index (χ4v) is 13.2. The van der Waals surface area contributed by atoms with Gasteiger partial charge in [0.25, 0.3) is 11.7 Å². The average molecular weight is 1180 g/mol. The lowest BCUT2D eigenvalue weighted by Gasteiger charge is -2.43. The van der Waals surface area contributed by atoms with Gasteiger partial charge in [-0.3, -0.25) is 28.8 Å². The summed E-state index contributed by atoms with van der Waals surface area (Å²) in [6, 6.07) is 13.9. The Kier molecular flexibility index (Phi) is 23.6. The number of carbonyl (C=O) groups is 6. The van der Waals surface area contributed by atoms with E-state index in [9.17, 15) is 39.0 Å². The number of ether oxygens (including phenoxy) is 6. The summed E-state index contributed by atoms with van der Waals surface area (Å²) in [7, 11) is 4.55. The Bertz CT molecular complexity index is 2700. The van der Waals surface area contributed by atoms with Gasteiger partial charge in [-0.15, -0.1) is 0 Å². The van der Waals surface area contributed by atoms with E-state index in [0.29, 0.717) is 69.9 Å². The van der Waals surface area contributed by atoms with Crippen LogP contribution >= 0.6 is 0 Å². The van der Waals surface area contributed by atoms with Crippen molar-refractivity contribution in [3.63, 3.8) is 0 Å². The number of rotatable bonds is 11. The fraction of sp³-hybridized carbons (Fsp3) is 0.657. The number of para-hydroxylation sites is 1. The molecule has 85 heavy (non-hydrogen) atoms. The van der Waals surface area contributed by atoms with E-state index in [1.165, 1.54) is 12.0 Å². The molecule has 2 unspecified atom stereocenters. The highest BCUT2D eigenvalue weighted by Gasteiger charge is 2.53. The highest BCUT2D eigenvalue weighted by molar-refractivity contribution is 6.39. The van der Waals surface area contributed by atoms with Crippen molar-refractivity contribution < 1.29 is 76.8 Å². The molecule has 0 spiro atoms. The lowest BCUT2D eigenvalue weighted by molar-refractivity contribution is -0.706. The number of hydrogen-bond acceptors (Lipinski definition) is 16. The molecule has 1 aromatic carbocycles. The van der Waals surface area contributed by atoms with Crippen LogP contribution in [-0.2, 0) is 68.6 Å². The first-order valence-electron chi connectivity index (χ1n) is 30.9. The summed E-state index contributed by atoms with van der Waals surface area (Å²) in [5, 5.41) is 26.0. The van der Waals surface area contributed by atoms with Crippen molar-refractivity contribution >= 4 is 40.9 Å². The number of pyridine rings is 1. The molecule has 1 aliphatic carbocycles. The van der Waals surface area contributed by atoms with Gasteiger partial charge in [0.2, 0.25) is 5.79 Å². The Morgan fingerprint density at radius 3 is 2.21 bits per heavy atom. The first kappa shape index (κ1) is 67.0. The Morgan fingerprint density at radius 2 is 1.53 bits per heavy atom. The van der Waals surface area contributed by atoms with Gasteiger partial charge in [-0.1, -0.05) is 77.1 Å². The molecule has 2 N–H and O–H groups in total. The molecule has 1 aromatic heterocycles. The molecule has 5 aliphatic heterocycles. The Labute approximate surface area is 503 Å². The van der Waals surface area contributed by atoms with Crippen molar-refractivity contribution in [2.45, 2.75) is 213 Å². The minimum absolute atomic E-state index is 0.0178. The van der Waals surface area contributed by atoms with Crippen molar-refractivity contribution in [3.8, 4) is 0 Å². The van der Waals surface area contributed by atoms with Crippen LogP contribution in [0.15, 0.2) is 96.4 Å². The van der Waals surface area contributed by atoms with Crippen molar-refractivity contribution in [2.75, 3.05) is 32.9 Å². The maximum absolute atomic E-state index is 14.8. The number of piperidine rings is 1. The molecule has 3 fully saturated rings. The molecule has 18 nitrogen and oxygen atoms in total. The van der Waals surface area contributed by atoms with E-state index < -0.39 is 107 Å². The van der Waals surface area contributed by atoms with E-state index in [4.69, 9.17) is 33.3 Å². The van der Waals surface area contributed by atoms with Crippen LogP contribution < -0.4 is 9.63 Å². The predicted molar refractivity (Wildman–Crippen MR) is 318 cm³/mol. The van der Waals surface area contributed by atoms with E-state index in [2.05, 4.69) is 13.0 Å². The van der Waals surface area contributed by atoms with Gasteiger partial charge >= 0.3 is 11.9 Å². The molecule has 1 saturated carbocycles. The van der Waals surface area contributed by atoms with Gasteiger partial charge in [0, 0.05) is 70.6 Å². The largest absolute Gasteiger partial charge is 0.460 e. The van der Waals surface area contributed by atoms with Gasteiger partial charge < -0.3 is 43.5 Å². The van der Waals surface area contributed by atoms with Crippen LogP contribution in [0.3, 0.4) is 0 Å². The number of hydroxylamine groups is 1. The number of nitrogens with zero attached hydrogens (tertiary/aromatic N) is 3. The predicted octanol–water partition coefficient (Wildman–Crippen LogP) is 8.38. The zero-order chi connectivity index (χ0) is 61.9. The molecule has 6 heterocycles. The first-order valence-corrected chi connectivity index (χ1v) is 30.9. The number of Topliss-reactive ketones (excluding diaryl/α,β-unsaturated/α-hetero) is 3. The van der Waals surface area contributed by atoms with Gasteiger partial charge in [0.1, 0.15) is 47.8 Å². The fourth-order valence-electron chi connectivity index (χ4n) is 13.2. The topological polar surface area (TPSA) is 218 Å². The lowest BCUT2D eigenvalue weighted by atomic mass is 9.78. The molecule has 4 bridgehead atoms. The Balaban J connectivity index is 1.17. The zero-order valence-electron chi connectivity index (χ0n) is 52.3. The van der Waals surface area contributed by atoms with Gasteiger partial charge in [-0.05, 0) is 139 Å². The lowest BCUT2D eigenvalue weighted by Crippen LogP contribution is -2.61. The minimum atomic E-state index is -2.50. The third-order valence-corrected chi connectivity index (χ3v) is 18.6. The van der Waals surface area contributed by atoms with Crippen LogP contribution in [0, 0.1) is 40.9 Å². The van der Waals surface area contributed by atoms with Crippen LogP contribution in [0.2, 0.25) is 0 Å². The average Bonchev–Trinajstić information content (AvgIpc) is 1.98. The maximum atomic E-state index is 14.8. The summed E-state index contributed by atoms with van der Waals surface area (Å²) >= 11 is 0. The van der Waals surface area contributed by atoms with Gasteiger partial charge in [-0.25, -0.2) is 14.4 Å². The second-order valence-electron chi connectivity index (χ2n) is 25.7. The molecule has 0 radical (unpaired) electrons. The highest BCUT2D eigenvalue weighted by Crippen LogP contribution is 2.40. The molecule has 468 valence electrons. The maximum Gasteiger partial charge on any atom is 0.329 e. The molecule has 6 aliphatic rings. The monoisotopic (exact) mass is 1180 g/mol. The number of carbonyl (C=O) groups excluding carboxylic acids is 6. The van der Waals surface area contributed by atoms with Gasteiger partial charge in [-0.2, -0.15) is 0 Å². The summed E-state index contributed by atoms with van der Waals surface area (Å²) in [5.74, 6) is -9.11. The number of esters is 2. The quantitative estimate of drug-likeness (QED) is 0.0934. The van der Waals surface area contributed by atoms with Crippen molar-refractivity contribution in [1.29, 1.82) is 0 Å². The molecular formula is C67H96N3O15+. The van der Waals surface area contributed by atoms with Crippen molar-refractivity contribution in [1.82, 2.24) is 4.90 Å². The normalized spacial score (nSPS) is 35.5. The van der Waals surface area contributed by atoms with Crippen LogP contribution in [0.1, 0.15) is 139 Å². The minimum Gasteiger partial charge on any atom is -0.460 e. The molecule has 17 atom stereocenters. The van der Waals surface area contributed by atoms with E-state index >= 15 is 0 Å². The number of methoxy groups -OCH3 is 3. The summed E-state index contributed by atoms with van der Waals surface area (Å²) in [6.45, 7) is 16.9. The second-order valence-corrected chi connectivity index (χ2v) is 25.7. The number of benzene rings is 1. The van der Waals surface area contributed by atoms with Crippen LogP contribution in [0.4, 0.5) is 5.69 Å². The SMILES string of the molecule is CO[C@H]1C[C@@H]2CC[C@@H](C)[C@@](O)(O2)C(=O)C(=O)N2CCCC[C@H]2C(=O)O[C@H]([C@H](C)C[C@@H]2CC[C@@H](OC(=O)C(C)(C)C[n+]3ccccc3)[C@H](OC)C2)CC(=O)[C@H](C)/C=C(\C)[C@@H](O)[C@@H](OC)C(=O)[C@H](C)C[C@H](C)C2C=CC(/C=C/1C)ON2c1ccccc1. The number of aliphatic hydroxyl groups excluding tert-OH is 1. The van der Waals surface area contributed by atoms with Gasteiger partial charge in [0.05, 0.1) is 30.0 Å². The third-order valence-electron chi connectivity index (χ3n) is 18.6. The van der Waals surface area contributed by atoms with Crippen LogP contribution in [0.5, 0.6) is 0 Å². The molecule has 2 saturated heterocycles. The number of aliphatic hydroxyl groups is 2. The van der Waals surface area contributed by atoms with E-state index in [1.54, 1.807) is 41.1 Å². The first-order chi connectivity index (χ1) is 40.4. The summed E-state index contributed by atoms with van der Waals surface area (Å²) in [4.78, 5) is 94.5. The van der Waals surface area contributed by atoms with E-state index in [1.807, 2.05) is 117 Å². The third kappa shape index (κ3) is 16.6. The number of ketones is 3. The number of aromatic nitrogens is 1. The summed E-state index contributed by atoms with van der Waals surface area (Å²) < 4.78 is 38.6. The van der Waals surface area contributed by atoms with Crippen molar-refractivity contribution in [2.24, 2.45) is 40.9 Å². The number of allylic oxidation sites excluding steroid dienone is 1. The smallest absolute Gasteiger partial charge is 0.329 e. The summed E-state index contributed by atoms with van der Waals surface area (Å²) in [5.41, 5.74) is 1.14. The van der Waals surface area contributed by atoms with Crippen molar-refractivity contribution in [3.05, 3.63) is 96.4 Å². The molecule has 1 amide bonds. The number of hydrogen-bond donors (Lipinski definition) is 2. The summed E-state index contributed by atoms with van der Waals surface area (Å²) in [6.07, 6.45) is 9.85. The molecule has 8 rings (SSSR count).